The lowest BCUT2D eigenvalue weighted by atomic mass is 9.85. The van der Waals surface area contributed by atoms with Gasteiger partial charge in [-0.2, -0.15) is 0 Å². The Morgan fingerprint density at radius 1 is 1.21 bits per heavy atom. The lowest BCUT2D eigenvalue weighted by Crippen LogP contribution is -2.28. The van der Waals surface area contributed by atoms with E-state index in [4.69, 9.17) is 4.74 Å². The van der Waals surface area contributed by atoms with E-state index in [1.165, 1.54) is 24.0 Å². The molecule has 124 valence electrons. The number of benzene rings is 1. The number of thiophene rings is 1. The summed E-state index contributed by atoms with van der Waals surface area (Å²) in [6.45, 7) is 0. The summed E-state index contributed by atoms with van der Waals surface area (Å²) in [7, 11) is 1.39. The Morgan fingerprint density at radius 2 is 2.00 bits per heavy atom. The number of fused-ring (bicyclic) bond motifs is 3. The smallest absolute Gasteiger partial charge is 0.341 e. The van der Waals surface area contributed by atoms with Gasteiger partial charge in [-0.25, -0.2) is 4.79 Å². The number of esters is 1. The molecule has 2 aliphatic carbocycles. The van der Waals surface area contributed by atoms with E-state index in [0.29, 0.717) is 10.6 Å². The average molecular weight is 341 g/mol. The van der Waals surface area contributed by atoms with E-state index in [9.17, 15) is 9.59 Å². The van der Waals surface area contributed by atoms with Gasteiger partial charge in [0.25, 0.3) is 0 Å². The van der Waals surface area contributed by atoms with Crippen molar-refractivity contribution in [1.29, 1.82) is 0 Å². The van der Waals surface area contributed by atoms with Crippen LogP contribution in [0.25, 0.3) is 11.1 Å². The molecule has 0 unspecified atom stereocenters. The number of anilines is 1. The minimum Gasteiger partial charge on any atom is -0.465 e. The highest BCUT2D eigenvalue weighted by molar-refractivity contribution is 7.17. The molecule has 1 N–H and O–H groups in total. The topological polar surface area (TPSA) is 55.4 Å². The number of hydrogen-bond acceptors (Lipinski definition) is 4. The molecule has 2 aromatic rings. The highest BCUT2D eigenvalue weighted by Crippen LogP contribution is 2.45. The third-order valence-corrected chi connectivity index (χ3v) is 6.16. The van der Waals surface area contributed by atoms with E-state index in [-0.39, 0.29) is 17.8 Å². The Kier molecular flexibility index (Phi) is 3.88. The lowest BCUT2D eigenvalue weighted by molar-refractivity contribution is -0.122. The molecule has 0 spiro atoms. The summed E-state index contributed by atoms with van der Waals surface area (Å²) in [5.74, 6) is -0.270. The molecule has 1 aromatic heterocycles. The van der Waals surface area contributed by atoms with Crippen molar-refractivity contribution in [2.24, 2.45) is 5.92 Å². The van der Waals surface area contributed by atoms with Crippen molar-refractivity contribution in [2.45, 2.75) is 32.1 Å². The second-order valence-corrected chi connectivity index (χ2v) is 7.48. The first-order chi connectivity index (χ1) is 11.7. The largest absolute Gasteiger partial charge is 0.465 e. The highest BCUT2D eigenvalue weighted by Gasteiger charge is 2.32. The second-order valence-electron chi connectivity index (χ2n) is 6.37. The molecule has 1 aromatic carbocycles. The number of hydrogen-bond donors (Lipinski definition) is 1. The molecule has 4 nitrogen and oxygen atoms in total. The molecule has 2 aliphatic rings. The van der Waals surface area contributed by atoms with Crippen LogP contribution >= 0.6 is 11.3 Å². The van der Waals surface area contributed by atoms with Crippen LogP contribution in [0.15, 0.2) is 24.3 Å². The highest BCUT2D eigenvalue weighted by atomic mass is 32.1. The zero-order valence-electron chi connectivity index (χ0n) is 13.6. The quantitative estimate of drug-likeness (QED) is 0.857. The summed E-state index contributed by atoms with van der Waals surface area (Å²) in [5, 5.41) is 3.63. The van der Waals surface area contributed by atoms with Gasteiger partial charge in [0, 0.05) is 16.4 Å². The third-order valence-electron chi connectivity index (χ3n) is 4.99. The van der Waals surface area contributed by atoms with Crippen LogP contribution in [-0.4, -0.2) is 19.0 Å². The van der Waals surface area contributed by atoms with Gasteiger partial charge in [0.15, 0.2) is 0 Å². The van der Waals surface area contributed by atoms with Gasteiger partial charge in [-0.3, -0.25) is 4.79 Å². The molecular weight excluding hydrogens is 322 g/mol. The fourth-order valence-corrected chi connectivity index (χ4v) is 4.64. The number of carbonyl (C=O) groups is 2. The Hall–Kier alpha value is -2.14. The number of nitrogens with one attached hydrogen (secondary N) is 1. The van der Waals surface area contributed by atoms with Gasteiger partial charge in [0.2, 0.25) is 5.91 Å². The Bertz CT molecular complexity index is 820. The Balaban J connectivity index is 1.80. The van der Waals surface area contributed by atoms with Crippen LogP contribution in [0.1, 0.15) is 40.1 Å². The lowest BCUT2D eigenvalue weighted by Gasteiger charge is -2.23. The Morgan fingerprint density at radius 3 is 2.71 bits per heavy atom. The molecule has 1 heterocycles. The molecule has 0 atom stereocenters. The van der Waals surface area contributed by atoms with Gasteiger partial charge in [-0.1, -0.05) is 30.7 Å². The van der Waals surface area contributed by atoms with Crippen molar-refractivity contribution in [3.63, 3.8) is 0 Å². The van der Waals surface area contributed by atoms with E-state index in [0.717, 1.165) is 48.1 Å². The van der Waals surface area contributed by atoms with Crippen LogP contribution in [0.5, 0.6) is 0 Å². The van der Waals surface area contributed by atoms with Gasteiger partial charge >= 0.3 is 5.97 Å². The summed E-state index contributed by atoms with van der Waals surface area (Å²) in [6.07, 6.45) is 4.83. The van der Waals surface area contributed by atoms with Crippen molar-refractivity contribution in [3.8, 4) is 11.1 Å². The van der Waals surface area contributed by atoms with Crippen LogP contribution in [0.4, 0.5) is 5.00 Å². The summed E-state index contributed by atoms with van der Waals surface area (Å²) >= 11 is 1.52. The first kappa shape index (κ1) is 15.4. The molecule has 1 fully saturated rings. The van der Waals surface area contributed by atoms with Gasteiger partial charge in [0.1, 0.15) is 10.6 Å². The van der Waals surface area contributed by atoms with E-state index in [2.05, 4.69) is 11.4 Å². The molecule has 0 radical (unpaired) electrons. The normalized spacial score (nSPS) is 15.9. The Labute approximate surface area is 144 Å². The number of carbonyl (C=O) groups excluding carboxylic acids is 2. The molecule has 1 amide bonds. The van der Waals surface area contributed by atoms with Crippen LogP contribution < -0.4 is 5.32 Å². The van der Waals surface area contributed by atoms with E-state index in [1.54, 1.807) is 0 Å². The summed E-state index contributed by atoms with van der Waals surface area (Å²) in [4.78, 5) is 26.0. The van der Waals surface area contributed by atoms with E-state index in [1.807, 2.05) is 18.2 Å². The SMILES string of the molecule is COC(=O)c1c(NC(=O)C2CCC2)sc2c1-c1ccccc1CC2. The van der Waals surface area contributed by atoms with Gasteiger partial charge in [0.05, 0.1) is 7.11 Å². The maximum Gasteiger partial charge on any atom is 0.341 e. The third kappa shape index (κ3) is 2.44. The van der Waals surface area contributed by atoms with Crippen molar-refractivity contribution in [3.05, 3.63) is 40.3 Å². The molecule has 24 heavy (non-hydrogen) atoms. The van der Waals surface area contributed by atoms with Gasteiger partial charge in [-0.05, 0) is 36.8 Å². The summed E-state index contributed by atoms with van der Waals surface area (Å²) < 4.78 is 5.02. The molecule has 1 saturated carbocycles. The maximum atomic E-state index is 12.4. The monoisotopic (exact) mass is 341 g/mol. The van der Waals surface area contributed by atoms with E-state index >= 15 is 0 Å². The average Bonchev–Trinajstić information content (AvgIpc) is 2.90. The standard InChI is InChI=1S/C19H19NO3S/c1-23-19(22)16-15-13-8-3-2-5-11(13)9-10-14(15)24-18(16)20-17(21)12-6-4-7-12/h2-3,5,8,12H,4,6-7,9-10H2,1H3,(H,20,21). The summed E-state index contributed by atoms with van der Waals surface area (Å²) in [5.41, 5.74) is 3.78. The predicted octanol–water partition coefficient (Wildman–Crippen LogP) is 4.04. The van der Waals surface area contributed by atoms with E-state index < -0.39 is 0 Å². The van der Waals surface area contributed by atoms with Crippen molar-refractivity contribution in [1.82, 2.24) is 0 Å². The molecule has 4 rings (SSSR count). The fraction of sp³-hybridized carbons (Fsp3) is 0.368. The van der Waals surface area contributed by atoms with Crippen LogP contribution in [-0.2, 0) is 22.4 Å². The maximum absolute atomic E-state index is 12.4. The predicted molar refractivity (Wildman–Crippen MR) is 94.5 cm³/mol. The number of aryl methyl sites for hydroxylation is 2. The second kappa shape index (κ2) is 6.06. The zero-order chi connectivity index (χ0) is 16.7. The number of amides is 1. The minimum absolute atomic E-state index is 0.0262. The first-order valence-corrected chi connectivity index (χ1v) is 9.13. The molecule has 0 saturated heterocycles. The number of rotatable bonds is 3. The van der Waals surface area contributed by atoms with Crippen LogP contribution in [0.3, 0.4) is 0 Å². The minimum atomic E-state index is -0.381. The number of methoxy groups -OCH3 is 1. The molecule has 0 bridgehead atoms. The van der Waals surface area contributed by atoms with Crippen molar-refractivity contribution in [2.75, 3.05) is 12.4 Å². The van der Waals surface area contributed by atoms with Gasteiger partial charge in [-0.15, -0.1) is 11.3 Å². The molecule has 0 aliphatic heterocycles. The molecule has 5 heteroatoms. The van der Waals surface area contributed by atoms with Crippen LogP contribution in [0.2, 0.25) is 0 Å². The van der Waals surface area contributed by atoms with Crippen LogP contribution in [0, 0.1) is 5.92 Å². The first-order valence-electron chi connectivity index (χ1n) is 8.32. The van der Waals surface area contributed by atoms with Crippen molar-refractivity contribution >= 4 is 28.2 Å². The molecular formula is C19H19NO3S. The van der Waals surface area contributed by atoms with Gasteiger partial charge < -0.3 is 10.1 Å². The fourth-order valence-electron chi connectivity index (χ4n) is 3.44. The number of ether oxygens (including phenoxy) is 1. The van der Waals surface area contributed by atoms with Crippen molar-refractivity contribution < 1.29 is 14.3 Å². The zero-order valence-corrected chi connectivity index (χ0v) is 14.4. The summed E-state index contributed by atoms with van der Waals surface area (Å²) in [6, 6.07) is 8.15.